The summed E-state index contributed by atoms with van der Waals surface area (Å²) in [6.07, 6.45) is 3.95. The lowest BCUT2D eigenvalue weighted by Gasteiger charge is -2.46. The van der Waals surface area contributed by atoms with Crippen molar-refractivity contribution in [2.75, 3.05) is 0 Å². The topological polar surface area (TPSA) is 54.3 Å². The molecule has 1 aliphatic heterocycles. The molecule has 0 saturated carbocycles. The van der Waals surface area contributed by atoms with Gasteiger partial charge in [-0.1, -0.05) is 11.6 Å². The smallest absolute Gasteiger partial charge is 0.224 e. The summed E-state index contributed by atoms with van der Waals surface area (Å²) in [6, 6.07) is 6.26. The van der Waals surface area contributed by atoms with Crippen LogP contribution in [0, 0.1) is 6.92 Å². The lowest BCUT2D eigenvalue weighted by atomic mass is 9.79. The number of aryl methyl sites for hydroxylation is 1. The van der Waals surface area contributed by atoms with Gasteiger partial charge < -0.3 is 15.1 Å². The Morgan fingerprint density at radius 1 is 1.25 bits per heavy atom. The van der Waals surface area contributed by atoms with Crippen molar-refractivity contribution >= 4 is 16.9 Å². The largest absolute Gasteiger partial charge is 0.464 e. The van der Waals surface area contributed by atoms with Crippen LogP contribution in [0.4, 0.5) is 0 Å². The highest BCUT2D eigenvalue weighted by Gasteiger charge is 2.38. The van der Waals surface area contributed by atoms with Crippen LogP contribution in [0.1, 0.15) is 51.7 Å². The fourth-order valence-corrected chi connectivity index (χ4v) is 4.21. The van der Waals surface area contributed by atoms with E-state index in [-0.39, 0.29) is 23.0 Å². The van der Waals surface area contributed by atoms with Gasteiger partial charge in [-0.15, -0.1) is 0 Å². The van der Waals surface area contributed by atoms with Gasteiger partial charge in [0.1, 0.15) is 5.58 Å². The summed E-state index contributed by atoms with van der Waals surface area (Å²) in [6.45, 7) is 10.8. The number of fused-ring (bicyclic) bond motifs is 1. The molecule has 1 fully saturated rings. The van der Waals surface area contributed by atoms with Gasteiger partial charge in [-0.2, -0.15) is 0 Å². The number of nitrogens with one attached hydrogen (secondary N) is 2. The summed E-state index contributed by atoms with van der Waals surface area (Å²) in [7, 11) is 0. The van der Waals surface area contributed by atoms with Crippen LogP contribution >= 0.6 is 0 Å². The normalized spacial score (nSPS) is 20.2. The molecule has 24 heavy (non-hydrogen) atoms. The SMILES string of the molecule is Cc1ccc2occ(CC(=O)NC3CC(C)(C)NC(C)(C)C3)c2c1. The Kier molecular flexibility index (Phi) is 4.20. The lowest BCUT2D eigenvalue weighted by Crippen LogP contribution is -2.62. The molecule has 1 aromatic heterocycles. The van der Waals surface area contributed by atoms with E-state index < -0.39 is 0 Å². The Morgan fingerprint density at radius 3 is 2.58 bits per heavy atom. The molecule has 130 valence electrons. The zero-order chi connectivity index (χ0) is 17.5. The third-order valence-electron chi connectivity index (χ3n) is 4.72. The van der Waals surface area contributed by atoms with Crippen molar-refractivity contribution in [2.45, 2.75) is 71.0 Å². The first-order valence-corrected chi connectivity index (χ1v) is 8.69. The second-order valence-corrected chi connectivity index (χ2v) is 8.50. The Hall–Kier alpha value is -1.81. The molecule has 1 saturated heterocycles. The molecule has 1 amide bonds. The predicted molar refractivity (Wildman–Crippen MR) is 97.1 cm³/mol. The number of benzene rings is 1. The van der Waals surface area contributed by atoms with Crippen molar-refractivity contribution < 1.29 is 9.21 Å². The minimum absolute atomic E-state index is 0.0269. The van der Waals surface area contributed by atoms with Gasteiger partial charge in [0.2, 0.25) is 5.91 Å². The van der Waals surface area contributed by atoms with Crippen molar-refractivity contribution in [3.05, 3.63) is 35.6 Å². The summed E-state index contributed by atoms with van der Waals surface area (Å²) < 4.78 is 5.57. The molecular formula is C20H28N2O2. The van der Waals surface area contributed by atoms with Gasteiger partial charge in [0, 0.05) is 28.1 Å². The second-order valence-electron chi connectivity index (χ2n) is 8.50. The summed E-state index contributed by atoms with van der Waals surface area (Å²) in [5.74, 6) is 0.0673. The average Bonchev–Trinajstić information content (AvgIpc) is 2.77. The fourth-order valence-electron chi connectivity index (χ4n) is 4.21. The molecule has 0 bridgehead atoms. The minimum Gasteiger partial charge on any atom is -0.464 e. The predicted octanol–water partition coefficient (Wildman–Crippen LogP) is 3.71. The molecule has 4 nitrogen and oxygen atoms in total. The summed E-state index contributed by atoms with van der Waals surface area (Å²) >= 11 is 0. The van der Waals surface area contributed by atoms with Crippen molar-refractivity contribution in [1.29, 1.82) is 0 Å². The summed E-state index contributed by atoms with van der Waals surface area (Å²) in [4.78, 5) is 12.6. The van der Waals surface area contributed by atoms with E-state index in [2.05, 4.69) is 51.3 Å². The molecule has 1 aliphatic rings. The van der Waals surface area contributed by atoms with Gasteiger partial charge in [-0.05, 0) is 59.6 Å². The monoisotopic (exact) mass is 328 g/mol. The maximum atomic E-state index is 12.6. The molecule has 3 rings (SSSR count). The van der Waals surface area contributed by atoms with E-state index in [4.69, 9.17) is 4.42 Å². The molecule has 0 unspecified atom stereocenters. The highest BCUT2D eigenvalue weighted by molar-refractivity contribution is 5.88. The Bertz CT molecular complexity index is 742. The Morgan fingerprint density at radius 2 is 1.92 bits per heavy atom. The first-order valence-electron chi connectivity index (χ1n) is 8.69. The van der Waals surface area contributed by atoms with Crippen LogP contribution in [-0.2, 0) is 11.2 Å². The maximum absolute atomic E-state index is 12.6. The van der Waals surface area contributed by atoms with E-state index in [1.165, 1.54) is 5.56 Å². The number of piperidine rings is 1. The zero-order valence-corrected chi connectivity index (χ0v) is 15.3. The van der Waals surface area contributed by atoms with Gasteiger partial charge in [-0.25, -0.2) is 0 Å². The van der Waals surface area contributed by atoms with Crippen molar-refractivity contribution in [3.63, 3.8) is 0 Å². The van der Waals surface area contributed by atoms with Crippen LogP contribution in [0.3, 0.4) is 0 Å². The van der Waals surface area contributed by atoms with Crippen LogP contribution in [0.25, 0.3) is 11.0 Å². The van der Waals surface area contributed by atoms with Gasteiger partial charge in [0.25, 0.3) is 0 Å². The first-order chi connectivity index (χ1) is 11.1. The summed E-state index contributed by atoms with van der Waals surface area (Å²) in [5, 5.41) is 7.91. The van der Waals surface area contributed by atoms with Gasteiger partial charge in [-0.3, -0.25) is 4.79 Å². The quantitative estimate of drug-likeness (QED) is 0.903. The maximum Gasteiger partial charge on any atom is 0.224 e. The Balaban J connectivity index is 1.70. The molecular weight excluding hydrogens is 300 g/mol. The number of furan rings is 1. The van der Waals surface area contributed by atoms with E-state index in [1.54, 1.807) is 6.26 Å². The van der Waals surface area contributed by atoms with Crippen LogP contribution in [-0.4, -0.2) is 23.0 Å². The van der Waals surface area contributed by atoms with E-state index >= 15 is 0 Å². The minimum atomic E-state index is 0.0269. The molecule has 4 heteroatoms. The number of hydrogen-bond acceptors (Lipinski definition) is 3. The number of amides is 1. The van der Waals surface area contributed by atoms with Crippen LogP contribution in [0.5, 0.6) is 0 Å². The number of rotatable bonds is 3. The molecule has 0 radical (unpaired) electrons. The van der Waals surface area contributed by atoms with Gasteiger partial charge >= 0.3 is 0 Å². The van der Waals surface area contributed by atoms with Gasteiger partial charge in [0.15, 0.2) is 0 Å². The number of carbonyl (C=O) groups is 1. The average molecular weight is 328 g/mol. The second kappa shape index (κ2) is 5.92. The highest BCUT2D eigenvalue weighted by atomic mass is 16.3. The van der Waals surface area contributed by atoms with Gasteiger partial charge in [0.05, 0.1) is 12.7 Å². The zero-order valence-electron chi connectivity index (χ0n) is 15.3. The molecule has 0 atom stereocenters. The van der Waals surface area contributed by atoms with Crippen LogP contribution < -0.4 is 10.6 Å². The van der Waals surface area contributed by atoms with Crippen molar-refractivity contribution in [2.24, 2.45) is 0 Å². The van der Waals surface area contributed by atoms with E-state index in [1.807, 2.05) is 12.1 Å². The third-order valence-corrected chi connectivity index (χ3v) is 4.72. The molecule has 2 N–H and O–H groups in total. The first kappa shape index (κ1) is 17.0. The Labute approximate surface area is 144 Å². The molecule has 2 aromatic rings. The highest BCUT2D eigenvalue weighted by Crippen LogP contribution is 2.29. The third kappa shape index (κ3) is 3.81. The van der Waals surface area contributed by atoms with E-state index in [0.717, 1.165) is 29.4 Å². The fraction of sp³-hybridized carbons (Fsp3) is 0.550. The standard InChI is InChI=1S/C20H28N2O2/c1-13-6-7-17-16(8-13)14(12-24-17)9-18(23)21-15-10-19(2,3)22-20(4,5)11-15/h6-8,12,15,22H,9-11H2,1-5H3,(H,21,23). The molecule has 0 spiro atoms. The lowest BCUT2D eigenvalue weighted by molar-refractivity contribution is -0.121. The number of hydrogen-bond donors (Lipinski definition) is 2. The van der Waals surface area contributed by atoms with Crippen molar-refractivity contribution in [1.82, 2.24) is 10.6 Å². The van der Waals surface area contributed by atoms with Crippen molar-refractivity contribution in [3.8, 4) is 0 Å². The summed E-state index contributed by atoms with van der Waals surface area (Å²) in [5.41, 5.74) is 3.02. The molecule has 0 aliphatic carbocycles. The molecule has 2 heterocycles. The van der Waals surface area contributed by atoms with Crippen LogP contribution in [0.15, 0.2) is 28.9 Å². The van der Waals surface area contributed by atoms with E-state index in [9.17, 15) is 4.79 Å². The number of carbonyl (C=O) groups excluding carboxylic acids is 1. The molecule has 1 aromatic carbocycles. The van der Waals surface area contributed by atoms with Crippen LogP contribution in [0.2, 0.25) is 0 Å². The van der Waals surface area contributed by atoms with E-state index in [0.29, 0.717) is 6.42 Å².